The first-order chi connectivity index (χ1) is 18.3. The number of sulfonamides is 1. The summed E-state index contributed by atoms with van der Waals surface area (Å²) in [6, 6.07) is 18.5. The lowest BCUT2D eigenvalue weighted by atomic mass is 10.1. The van der Waals surface area contributed by atoms with Crippen molar-refractivity contribution in [2.45, 2.75) is 44.2 Å². The quantitative estimate of drug-likeness (QED) is 0.282. The van der Waals surface area contributed by atoms with Gasteiger partial charge in [0, 0.05) is 11.6 Å². The molecular formula is C28H30ClN3O5S. The third-order valence-corrected chi connectivity index (χ3v) is 8.23. The van der Waals surface area contributed by atoms with Crippen LogP contribution in [0.4, 0.5) is 0 Å². The second-order valence-corrected chi connectivity index (χ2v) is 11.2. The summed E-state index contributed by atoms with van der Waals surface area (Å²) in [5.74, 6) is 0.675. The van der Waals surface area contributed by atoms with Crippen LogP contribution in [0.25, 0.3) is 0 Å². The Morgan fingerprint density at radius 1 is 1.11 bits per heavy atom. The van der Waals surface area contributed by atoms with Gasteiger partial charge in [0.25, 0.3) is 5.91 Å². The number of hydrazone groups is 1. The van der Waals surface area contributed by atoms with Crippen LogP contribution >= 0.6 is 11.6 Å². The molecule has 200 valence electrons. The van der Waals surface area contributed by atoms with Gasteiger partial charge in [-0.25, -0.2) is 13.8 Å². The molecule has 1 fully saturated rings. The molecule has 1 N–H and O–H groups in total. The third kappa shape index (κ3) is 6.72. The van der Waals surface area contributed by atoms with Crippen LogP contribution in [-0.4, -0.2) is 44.0 Å². The summed E-state index contributed by atoms with van der Waals surface area (Å²) in [5.41, 5.74) is 5.39. The van der Waals surface area contributed by atoms with Crippen molar-refractivity contribution in [3.63, 3.8) is 0 Å². The lowest BCUT2D eigenvalue weighted by Gasteiger charge is -2.22. The van der Waals surface area contributed by atoms with Crippen LogP contribution in [0.2, 0.25) is 5.02 Å². The SMILES string of the molecule is CCOc1cc(/C=N\NC(=O)[C@H]2CCCN2S(=O)(=O)c2ccc(Cl)cc2)ccc1OCc1cccc(C)c1. The number of hydrogen-bond donors (Lipinski definition) is 1. The van der Waals surface area contributed by atoms with Crippen LogP contribution in [0, 0.1) is 6.92 Å². The highest BCUT2D eigenvalue weighted by atomic mass is 35.5. The van der Waals surface area contributed by atoms with Crippen molar-refractivity contribution in [2.75, 3.05) is 13.2 Å². The second kappa shape index (κ2) is 12.4. The minimum Gasteiger partial charge on any atom is -0.490 e. The molecule has 1 amide bonds. The summed E-state index contributed by atoms with van der Waals surface area (Å²) in [4.78, 5) is 12.9. The number of nitrogens with one attached hydrogen (secondary N) is 1. The van der Waals surface area contributed by atoms with Crippen molar-refractivity contribution in [3.05, 3.63) is 88.4 Å². The highest BCUT2D eigenvalue weighted by Gasteiger charge is 2.39. The Bertz CT molecular complexity index is 1410. The van der Waals surface area contributed by atoms with Crippen LogP contribution in [-0.2, 0) is 21.4 Å². The smallest absolute Gasteiger partial charge is 0.258 e. The molecule has 1 atom stereocenters. The number of ether oxygens (including phenoxy) is 2. The lowest BCUT2D eigenvalue weighted by Crippen LogP contribution is -2.44. The van der Waals surface area contributed by atoms with Gasteiger partial charge in [-0.1, -0.05) is 41.4 Å². The molecule has 0 spiro atoms. The van der Waals surface area contributed by atoms with Crippen molar-refractivity contribution in [1.29, 1.82) is 0 Å². The van der Waals surface area contributed by atoms with E-state index in [9.17, 15) is 13.2 Å². The minimum absolute atomic E-state index is 0.0956. The van der Waals surface area contributed by atoms with E-state index in [4.69, 9.17) is 21.1 Å². The number of halogens is 1. The van der Waals surface area contributed by atoms with Crippen LogP contribution in [0.3, 0.4) is 0 Å². The number of benzene rings is 3. The van der Waals surface area contributed by atoms with Gasteiger partial charge in [0.1, 0.15) is 12.6 Å². The van der Waals surface area contributed by atoms with Crippen molar-refractivity contribution in [2.24, 2.45) is 5.10 Å². The first kappa shape index (κ1) is 27.6. The molecule has 1 heterocycles. The normalized spacial score (nSPS) is 16.0. The van der Waals surface area contributed by atoms with E-state index in [2.05, 4.69) is 16.6 Å². The molecule has 0 radical (unpaired) electrons. The summed E-state index contributed by atoms with van der Waals surface area (Å²) in [5, 5.41) is 4.50. The van der Waals surface area contributed by atoms with Crippen LogP contribution in [0.5, 0.6) is 11.5 Å². The van der Waals surface area contributed by atoms with E-state index in [1.54, 1.807) is 18.2 Å². The molecule has 3 aromatic rings. The predicted octanol–water partition coefficient (Wildman–Crippen LogP) is 4.93. The monoisotopic (exact) mass is 555 g/mol. The maximum atomic E-state index is 13.1. The second-order valence-electron chi connectivity index (χ2n) is 8.88. The first-order valence-electron chi connectivity index (χ1n) is 12.3. The lowest BCUT2D eigenvalue weighted by molar-refractivity contribution is -0.124. The molecule has 4 rings (SSSR count). The van der Waals surface area contributed by atoms with Gasteiger partial charge in [-0.2, -0.15) is 9.41 Å². The zero-order valence-electron chi connectivity index (χ0n) is 21.3. The Hall–Kier alpha value is -3.40. The predicted molar refractivity (Wildman–Crippen MR) is 147 cm³/mol. The largest absolute Gasteiger partial charge is 0.490 e. The average molecular weight is 556 g/mol. The fourth-order valence-corrected chi connectivity index (χ4v) is 6.01. The molecule has 1 aliphatic rings. The molecule has 0 unspecified atom stereocenters. The Kier molecular flexibility index (Phi) is 9.04. The topological polar surface area (TPSA) is 97.3 Å². The van der Waals surface area contributed by atoms with E-state index < -0.39 is 22.0 Å². The van der Waals surface area contributed by atoms with E-state index >= 15 is 0 Å². The average Bonchev–Trinajstić information content (AvgIpc) is 3.40. The van der Waals surface area contributed by atoms with E-state index in [1.165, 1.54) is 34.8 Å². The summed E-state index contributed by atoms with van der Waals surface area (Å²) < 4.78 is 39.1. The van der Waals surface area contributed by atoms with Gasteiger partial charge in [-0.05, 0) is 80.3 Å². The van der Waals surface area contributed by atoms with Gasteiger partial charge < -0.3 is 9.47 Å². The van der Waals surface area contributed by atoms with E-state index in [0.29, 0.717) is 48.1 Å². The maximum Gasteiger partial charge on any atom is 0.258 e. The molecule has 3 aromatic carbocycles. The Balaban J connectivity index is 1.41. The molecule has 0 bridgehead atoms. The Morgan fingerprint density at radius 3 is 2.63 bits per heavy atom. The zero-order valence-corrected chi connectivity index (χ0v) is 22.8. The molecule has 8 nitrogen and oxygen atoms in total. The van der Waals surface area contributed by atoms with Crippen LogP contribution in [0.1, 0.15) is 36.5 Å². The number of hydrogen-bond acceptors (Lipinski definition) is 6. The zero-order chi connectivity index (χ0) is 27.1. The number of aryl methyl sites for hydroxylation is 1. The number of nitrogens with zero attached hydrogens (tertiary/aromatic N) is 2. The fourth-order valence-electron chi connectivity index (χ4n) is 4.23. The summed E-state index contributed by atoms with van der Waals surface area (Å²) in [7, 11) is -3.84. The third-order valence-electron chi connectivity index (χ3n) is 6.06. The van der Waals surface area contributed by atoms with E-state index in [0.717, 1.165) is 11.1 Å². The van der Waals surface area contributed by atoms with Gasteiger partial charge in [-0.15, -0.1) is 0 Å². The summed E-state index contributed by atoms with van der Waals surface area (Å²) >= 11 is 5.89. The minimum atomic E-state index is -3.84. The number of amides is 1. The van der Waals surface area contributed by atoms with Gasteiger partial charge in [0.15, 0.2) is 11.5 Å². The van der Waals surface area contributed by atoms with Gasteiger partial charge in [0.05, 0.1) is 17.7 Å². The summed E-state index contributed by atoms with van der Waals surface area (Å²) in [6.45, 7) is 5.04. The highest BCUT2D eigenvalue weighted by molar-refractivity contribution is 7.89. The molecule has 0 aliphatic carbocycles. The standard InChI is InChI=1S/C28H30ClN3O5S/c1-3-36-27-17-21(9-14-26(27)37-19-22-7-4-6-20(2)16-22)18-30-31-28(33)25-8-5-15-32(25)38(34,35)24-12-10-23(29)11-13-24/h4,6-7,9-14,16-18,25H,3,5,8,15,19H2,1-2H3,(H,31,33)/b30-18-/t25-/m1/s1. The highest BCUT2D eigenvalue weighted by Crippen LogP contribution is 2.29. The molecule has 10 heteroatoms. The Labute approximate surface area is 228 Å². The first-order valence-corrected chi connectivity index (χ1v) is 14.2. The Morgan fingerprint density at radius 2 is 1.89 bits per heavy atom. The van der Waals surface area contributed by atoms with E-state index in [1.807, 2.05) is 32.0 Å². The van der Waals surface area contributed by atoms with Gasteiger partial charge in [-0.3, -0.25) is 4.79 Å². The fraction of sp³-hybridized carbons (Fsp3) is 0.286. The molecular weight excluding hydrogens is 526 g/mol. The number of rotatable bonds is 10. The van der Waals surface area contributed by atoms with Crippen molar-refractivity contribution < 1.29 is 22.7 Å². The van der Waals surface area contributed by atoms with Crippen molar-refractivity contribution in [1.82, 2.24) is 9.73 Å². The van der Waals surface area contributed by atoms with Crippen molar-refractivity contribution >= 4 is 33.7 Å². The summed E-state index contributed by atoms with van der Waals surface area (Å²) in [6.07, 6.45) is 2.48. The number of carbonyl (C=O) groups is 1. The van der Waals surface area contributed by atoms with E-state index in [-0.39, 0.29) is 11.4 Å². The van der Waals surface area contributed by atoms with Crippen LogP contribution in [0.15, 0.2) is 76.7 Å². The number of carbonyl (C=O) groups excluding carboxylic acids is 1. The molecule has 0 saturated carbocycles. The molecule has 1 aliphatic heterocycles. The van der Waals surface area contributed by atoms with Gasteiger partial charge in [0.2, 0.25) is 10.0 Å². The molecule has 1 saturated heterocycles. The molecule has 0 aromatic heterocycles. The van der Waals surface area contributed by atoms with Crippen LogP contribution < -0.4 is 14.9 Å². The maximum absolute atomic E-state index is 13.1. The van der Waals surface area contributed by atoms with Crippen molar-refractivity contribution in [3.8, 4) is 11.5 Å². The van der Waals surface area contributed by atoms with Gasteiger partial charge >= 0.3 is 0 Å². The molecule has 38 heavy (non-hydrogen) atoms.